The van der Waals surface area contributed by atoms with E-state index in [2.05, 4.69) is 10.3 Å². The molecule has 6 heteroatoms. The summed E-state index contributed by atoms with van der Waals surface area (Å²) >= 11 is 0. The minimum Gasteiger partial charge on any atom is -0.388 e. The summed E-state index contributed by atoms with van der Waals surface area (Å²) in [5.74, 6) is -0.285. The van der Waals surface area contributed by atoms with Crippen LogP contribution in [0.15, 0.2) is 35.4 Å². The number of hydrogen-bond donors (Lipinski definition) is 2. The van der Waals surface area contributed by atoms with Crippen molar-refractivity contribution in [2.75, 3.05) is 6.54 Å². The maximum atomic E-state index is 12.4. The molecule has 0 atom stereocenters. The normalized spacial score (nSPS) is 17.4. The minimum atomic E-state index is -0.821. The summed E-state index contributed by atoms with van der Waals surface area (Å²) < 4.78 is 1.30. The molecule has 1 saturated carbocycles. The molecule has 6 nitrogen and oxygen atoms in total. The van der Waals surface area contributed by atoms with Crippen LogP contribution in [-0.4, -0.2) is 32.7 Å². The van der Waals surface area contributed by atoms with Gasteiger partial charge in [-0.25, -0.2) is 4.98 Å². The van der Waals surface area contributed by atoms with E-state index in [0.29, 0.717) is 23.7 Å². The van der Waals surface area contributed by atoms with Gasteiger partial charge in [0.15, 0.2) is 0 Å². The first-order valence-electron chi connectivity index (χ1n) is 8.51. The van der Waals surface area contributed by atoms with Crippen LogP contribution < -0.4 is 10.9 Å². The molecule has 3 rings (SSSR count). The molecule has 1 amide bonds. The predicted molar refractivity (Wildman–Crippen MR) is 91.7 cm³/mol. The van der Waals surface area contributed by atoms with Crippen LogP contribution in [-0.2, 0) is 11.3 Å². The number of fused-ring (bicyclic) bond motifs is 1. The van der Waals surface area contributed by atoms with Crippen LogP contribution >= 0.6 is 0 Å². The lowest BCUT2D eigenvalue weighted by Gasteiger charge is -2.26. The highest BCUT2D eigenvalue weighted by Gasteiger charge is 2.28. The van der Waals surface area contributed by atoms with Crippen LogP contribution in [0.2, 0.25) is 0 Å². The van der Waals surface area contributed by atoms with Crippen molar-refractivity contribution in [3.8, 4) is 0 Å². The first-order valence-corrected chi connectivity index (χ1v) is 8.51. The fourth-order valence-electron chi connectivity index (χ4n) is 3.26. The largest absolute Gasteiger partial charge is 0.388 e. The Morgan fingerprint density at radius 2 is 1.92 bits per heavy atom. The topological polar surface area (TPSA) is 84.2 Å². The quantitative estimate of drug-likeness (QED) is 0.835. The number of aromatic nitrogens is 2. The van der Waals surface area contributed by atoms with Gasteiger partial charge in [0.05, 0.1) is 22.8 Å². The molecular weight excluding hydrogens is 306 g/mol. The highest BCUT2D eigenvalue weighted by molar-refractivity contribution is 5.78. The van der Waals surface area contributed by atoms with E-state index < -0.39 is 5.60 Å². The highest BCUT2D eigenvalue weighted by Crippen LogP contribution is 2.26. The standard InChI is InChI=1S/C18H23N3O3/c22-16(19-12-18(24)9-5-1-2-6-10-18)11-21-13-20-15-8-4-3-7-14(15)17(21)23/h3-4,7-8,13,24H,1-2,5-6,9-12H2,(H,19,22). The van der Waals surface area contributed by atoms with Crippen molar-refractivity contribution in [1.29, 1.82) is 0 Å². The first kappa shape index (κ1) is 16.6. The number of carbonyl (C=O) groups is 1. The average molecular weight is 329 g/mol. The van der Waals surface area contributed by atoms with Crippen molar-refractivity contribution < 1.29 is 9.90 Å². The Bertz CT molecular complexity index is 776. The molecule has 128 valence electrons. The molecule has 2 N–H and O–H groups in total. The summed E-state index contributed by atoms with van der Waals surface area (Å²) in [4.78, 5) is 28.7. The zero-order valence-electron chi connectivity index (χ0n) is 13.7. The predicted octanol–water partition coefficient (Wildman–Crippen LogP) is 1.60. The third kappa shape index (κ3) is 3.82. The van der Waals surface area contributed by atoms with E-state index in [0.717, 1.165) is 25.7 Å². The number of hydrogen-bond acceptors (Lipinski definition) is 4. The Morgan fingerprint density at radius 1 is 1.21 bits per heavy atom. The molecule has 0 aliphatic heterocycles. The van der Waals surface area contributed by atoms with Gasteiger partial charge in [-0.1, -0.05) is 37.8 Å². The summed E-state index contributed by atoms with van der Waals surface area (Å²) in [6.45, 7) is 0.147. The number of para-hydroxylation sites is 1. The summed E-state index contributed by atoms with van der Waals surface area (Å²) in [6, 6.07) is 7.06. The lowest BCUT2D eigenvalue weighted by atomic mass is 9.94. The molecule has 1 aliphatic rings. The molecule has 0 spiro atoms. The Balaban J connectivity index is 1.65. The van der Waals surface area contributed by atoms with Crippen molar-refractivity contribution in [3.63, 3.8) is 0 Å². The van der Waals surface area contributed by atoms with Gasteiger partial charge in [0, 0.05) is 6.54 Å². The molecule has 0 bridgehead atoms. The molecule has 1 aromatic carbocycles. The number of nitrogens with one attached hydrogen (secondary N) is 1. The van der Waals surface area contributed by atoms with E-state index in [1.165, 1.54) is 10.9 Å². The van der Waals surface area contributed by atoms with Crippen LogP contribution in [0.25, 0.3) is 10.9 Å². The van der Waals surface area contributed by atoms with Crippen LogP contribution in [0.3, 0.4) is 0 Å². The Kier molecular flexibility index (Phi) is 4.94. The third-order valence-corrected chi connectivity index (χ3v) is 4.69. The maximum Gasteiger partial charge on any atom is 0.261 e. The molecule has 0 unspecified atom stereocenters. The second kappa shape index (κ2) is 7.13. The number of nitrogens with zero attached hydrogens (tertiary/aromatic N) is 2. The molecule has 24 heavy (non-hydrogen) atoms. The van der Waals surface area contributed by atoms with E-state index in [9.17, 15) is 14.7 Å². The first-order chi connectivity index (χ1) is 11.6. The lowest BCUT2D eigenvalue weighted by molar-refractivity contribution is -0.123. The van der Waals surface area contributed by atoms with Gasteiger partial charge in [-0.3, -0.25) is 14.2 Å². The number of rotatable bonds is 4. The van der Waals surface area contributed by atoms with Gasteiger partial charge < -0.3 is 10.4 Å². The molecule has 2 aromatic rings. The van der Waals surface area contributed by atoms with Gasteiger partial charge in [-0.2, -0.15) is 0 Å². The van der Waals surface area contributed by atoms with Crippen molar-refractivity contribution in [2.45, 2.75) is 50.7 Å². The van der Waals surface area contributed by atoms with Gasteiger partial charge >= 0.3 is 0 Å². The average Bonchev–Trinajstić information content (AvgIpc) is 2.81. The fraction of sp³-hybridized carbons (Fsp3) is 0.500. The van der Waals surface area contributed by atoms with Crippen LogP contribution in [0.4, 0.5) is 0 Å². The zero-order chi connectivity index (χ0) is 17.0. The molecule has 1 aromatic heterocycles. The second-order valence-corrected chi connectivity index (χ2v) is 6.61. The van der Waals surface area contributed by atoms with Crippen molar-refractivity contribution >= 4 is 16.8 Å². The molecular formula is C18H23N3O3. The van der Waals surface area contributed by atoms with Gasteiger partial charge in [0.2, 0.25) is 5.91 Å². The van der Waals surface area contributed by atoms with Crippen molar-refractivity contribution in [2.24, 2.45) is 0 Å². The maximum absolute atomic E-state index is 12.4. The van der Waals surface area contributed by atoms with E-state index in [1.807, 2.05) is 6.07 Å². The van der Waals surface area contributed by atoms with E-state index in [1.54, 1.807) is 18.2 Å². The fourth-order valence-corrected chi connectivity index (χ4v) is 3.26. The van der Waals surface area contributed by atoms with E-state index in [4.69, 9.17) is 0 Å². The summed E-state index contributed by atoms with van der Waals surface area (Å²) in [5.41, 5.74) is -0.436. The Labute approximate surface area is 140 Å². The highest BCUT2D eigenvalue weighted by atomic mass is 16.3. The summed E-state index contributed by atoms with van der Waals surface area (Å²) in [7, 11) is 0. The SMILES string of the molecule is O=C(Cn1cnc2ccccc2c1=O)NCC1(O)CCCCCC1. The second-order valence-electron chi connectivity index (χ2n) is 6.61. The van der Waals surface area contributed by atoms with Gasteiger partial charge in [0.1, 0.15) is 6.54 Å². The lowest BCUT2D eigenvalue weighted by Crippen LogP contribution is -2.44. The van der Waals surface area contributed by atoms with Crippen LogP contribution in [0.1, 0.15) is 38.5 Å². The van der Waals surface area contributed by atoms with Gasteiger partial charge in [-0.05, 0) is 25.0 Å². The zero-order valence-corrected chi connectivity index (χ0v) is 13.7. The summed E-state index contributed by atoms with van der Waals surface area (Å²) in [6.07, 6.45) is 7.06. The van der Waals surface area contributed by atoms with E-state index in [-0.39, 0.29) is 24.6 Å². The summed E-state index contributed by atoms with van der Waals surface area (Å²) in [5, 5.41) is 13.8. The monoisotopic (exact) mass is 329 g/mol. The number of aliphatic hydroxyl groups is 1. The van der Waals surface area contributed by atoms with Crippen LogP contribution in [0, 0.1) is 0 Å². The molecule has 0 saturated heterocycles. The number of carbonyl (C=O) groups excluding carboxylic acids is 1. The number of amides is 1. The molecule has 0 radical (unpaired) electrons. The van der Waals surface area contributed by atoms with Crippen molar-refractivity contribution in [3.05, 3.63) is 40.9 Å². The molecule has 1 heterocycles. The Morgan fingerprint density at radius 3 is 2.67 bits per heavy atom. The smallest absolute Gasteiger partial charge is 0.261 e. The van der Waals surface area contributed by atoms with Gasteiger partial charge in [0.25, 0.3) is 5.56 Å². The third-order valence-electron chi connectivity index (χ3n) is 4.69. The molecule has 1 aliphatic carbocycles. The molecule has 1 fully saturated rings. The van der Waals surface area contributed by atoms with Gasteiger partial charge in [-0.15, -0.1) is 0 Å². The minimum absolute atomic E-state index is 0.0905. The van der Waals surface area contributed by atoms with Crippen molar-refractivity contribution in [1.82, 2.24) is 14.9 Å². The van der Waals surface area contributed by atoms with Crippen LogP contribution in [0.5, 0.6) is 0 Å². The van der Waals surface area contributed by atoms with E-state index >= 15 is 0 Å². The number of benzene rings is 1. The Hall–Kier alpha value is -2.21.